The number of hydrogen-bond acceptors (Lipinski definition) is 6. The summed E-state index contributed by atoms with van der Waals surface area (Å²) < 4.78 is 39.9. The molecule has 0 saturated carbocycles. The van der Waals surface area contributed by atoms with Gasteiger partial charge in [-0.2, -0.15) is 5.10 Å². The Balaban J connectivity index is 2.10. The van der Waals surface area contributed by atoms with Crippen LogP contribution in [0.3, 0.4) is 0 Å². The summed E-state index contributed by atoms with van der Waals surface area (Å²) in [5.74, 6) is -4.27. The van der Waals surface area contributed by atoms with Gasteiger partial charge in [-0.25, -0.2) is 18.3 Å². The van der Waals surface area contributed by atoms with Gasteiger partial charge in [0.15, 0.2) is 17.4 Å². The normalized spacial score (nSPS) is 14.3. The van der Waals surface area contributed by atoms with Crippen LogP contribution >= 0.6 is 0 Å². The third-order valence-electron chi connectivity index (χ3n) is 3.95. The molecule has 3 rings (SSSR count). The lowest BCUT2D eigenvalue weighted by Gasteiger charge is -2.29. The zero-order chi connectivity index (χ0) is 18.8. The summed E-state index contributed by atoms with van der Waals surface area (Å²) in [6, 6.07) is 2.62. The SMILES string of the molecule is COc1cn(-c2ccc(N3CCOCC3)c(F)c2F)nc(C(=O)O)c1=O. The van der Waals surface area contributed by atoms with Gasteiger partial charge in [0.25, 0.3) is 5.43 Å². The number of nitrogens with zero attached hydrogens (tertiary/aromatic N) is 3. The third-order valence-corrected chi connectivity index (χ3v) is 3.95. The molecule has 1 aliphatic rings. The predicted molar refractivity (Wildman–Crippen MR) is 86.3 cm³/mol. The fourth-order valence-corrected chi connectivity index (χ4v) is 2.63. The molecule has 8 nitrogen and oxygen atoms in total. The number of carboxylic acid groups (broad SMARTS) is 1. The minimum Gasteiger partial charge on any atom is -0.491 e. The first kappa shape index (κ1) is 17.8. The van der Waals surface area contributed by atoms with Gasteiger partial charge in [0.2, 0.25) is 5.69 Å². The first-order valence-corrected chi connectivity index (χ1v) is 7.66. The Morgan fingerprint density at radius 3 is 2.46 bits per heavy atom. The first-order chi connectivity index (χ1) is 12.4. The van der Waals surface area contributed by atoms with E-state index in [4.69, 9.17) is 14.6 Å². The summed E-state index contributed by atoms with van der Waals surface area (Å²) in [4.78, 5) is 24.7. The van der Waals surface area contributed by atoms with E-state index in [0.29, 0.717) is 26.3 Å². The Bertz CT molecular complexity index is 909. The number of aromatic nitrogens is 2. The van der Waals surface area contributed by atoms with Crippen LogP contribution in [-0.4, -0.2) is 54.3 Å². The Morgan fingerprint density at radius 1 is 1.23 bits per heavy atom. The molecule has 0 unspecified atom stereocenters. The van der Waals surface area contributed by atoms with E-state index in [-0.39, 0.29) is 17.1 Å². The number of halogens is 2. The maximum Gasteiger partial charge on any atom is 0.360 e. The molecule has 138 valence electrons. The van der Waals surface area contributed by atoms with E-state index in [1.54, 1.807) is 4.90 Å². The third kappa shape index (κ3) is 3.10. The lowest BCUT2D eigenvalue weighted by molar-refractivity contribution is 0.0686. The van der Waals surface area contributed by atoms with E-state index < -0.39 is 28.7 Å². The smallest absolute Gasteiger partial charge is 0.360 e. The van der Waals surface area contributed by atoms with Crippen molar-refractivity contribution < 1.29 is 28.2 Å². The highest BCUT2D eigenvalue weighted by Gasteiger charge is 2.23. The van der Waals surface area contributed by atoms with Crippen LogP contribution in [-0.2, 0) is 4.74 Å². The number of anilines is 1. The van der Waals surface area contributed by atoms with Gasteiger partial charge >= 0.3 is 5.97 Å². The highest BCUT2D eigenvalue weighted by Crippen LogP contribution is 2.27. The molecule has 0 aliphatic carbocycles. The quantitative estimate of drug-likeness (QED) is 0.863. The predicted octanol–water partition coefficient (Wildman–Crippen LogP) is 1.05. The van der Waals surface area contributed by atoms with Crippen LogP contribution in [0.25, 0.3) is 5.69 Å². The van der Waals surface area contributed by atoms with E-state index in [0.717, 1.165) is 18.0 Å². The summed E-state index contributed by atoms with van der Waals surface area (Å²) >= 11 is 0. The maximum absolute atomic E-state index is 14.6. The molecule has 0 radical (unpaired) electrons. The molecule has 26 heavy (non-hydrogen) atoms. The number of methoxy groups -OCH3 is 1. The van der Waals surface area contributed by atoms with Crippen LogP contribution in [0, 0.1) is 11.6 Å². The van der Waals surface area contributed by atoms with E-state index >= 15 is 0 Å². The molecular weight excluding hydrogens is 352 g/mol. The average molecular weight is 367 g/mol. The number of aromatic carboxylic acids is 1. The fourth-order valence-electron chi connectivity index (χ4n) is 2.63. The van der Waals surface area contributed by atoms with Crippen molar-refractivity contribution in [3.8, 4) is 11.4 Å². The molecule has 1 aromatic carbocycles. The molecule has 1 saturated heterocycles. The lowest BCUT2D eigenvalue weighted by Crippen LogP contribution is -2.37. The van der Waals surface area contributed by atoms with Crippen LogP contribution in [0.2, 0.25) is 0 Å². The molecular formula is C16H15F2N3O5. The van der Waals surface area contributed by atoms with Gasteiger partial charge in [0, 0.05) is 13.1 Å². The molecule has 1 aliphatic heterocycles. The number of hydrogen-bond donors (Lipinski definition) is 1. The van der Waals surface area contributed by atoms with Crippen LogP contribution < -0.4 is 15.1 Å². The second-order valence-corrected chi connectivity index (χ2v) is 5.46. The average Bonchev–Trinajstić information content (AvgIpc) is 2.64. The van der Waals surface area contributed by atoms with Gasteiger partial charge in [-0.3, -0.25) is 4.79 Å². The van der Waals surface area contributed by atoms with Gasteiger partial charge < -0.3 is 19.5 Å². The molecule has 1 aromatic heterocycles. The second-order valence-electron chi connectivity index (χ2n) is 5.46. The number of benzene rings is 1. The number of morpholine rings is 1. The van der Waals surface area contributed by atoms with Crippen molar-refractivity contribution >= 4 is 11.7 Å². The van der Waals surface area contributed by atoms with E-state index in [9.17, 15) is 18.4 Å². The lowest BCUT2D eigenvalue weighted by atomic mass is 10.2. The minimum absolute atomic E-state index is 0.0704. The second kappa shape index (κ2) is 7.08. The van der Waals surface area contributed by atoms with Crippen LogP contribution in [0.5, 0.6) is 5.75 Å². The van der Waals surface area contributed by atoms with Crippen molar-refractivity contribution in [2.75, 3.05) is 38.3 Å². The van der Waals surface area contributed by atoms with E-state index in [1.807, 2.05) is 0 Å². The maximum atomic E-state index is 14.6. The number of carboxylic acids is 1. The molecule has 0 atom stereocenters. The Morgan fingerprint density at radius 2 is 1.85 bits per heavy atom. The largest absolute Gasteiger partial charge is 0.491 e. The van der Waals surface area contributed by atoms with Gasteiger partial charge in [-0.1, -0.05) is 0 Å². The van der Waals surface area contributed by atoms with Crippen LogP contribution in [0.4, 0.5) is 14.5 Å². The molecule has 10 heteroatoms. The summed E-state index contributed by atoms with van der Waals surface area (Å²) in [5, 5.41) is 12.7. The van der Waals surface area contributed by atoms with Gasteiger partial charge in [-0.05, 0) is 12.1 Å². The van der Waals surface area contributed by atoms with Gasteiger partial charge in [0.1, 0.15) is 5.69 Å². The van der Waals surface area contributed by atoms with E-state index in [2.05, 4.69) is 5.10 Å². The van der Waals surface area contributed by atoms with Crippen LogP contribution in [0.1, 0.15) is 10.5 Å². The summed E-state index contributed by atoms with van der Waals surface area (Å²) in [6.07, 6.45) is 1.00. The highest BCUT2D eigenvalue weighted by atomic mass is 19.2. The molecule has 2 heterocycles. The fraction of sp³-hybridized carbons (Fsp3) is 0.312. The standard InChI is InChI=1S/C16H15F2N3O5/c1-25-11-8-21(19-14(15(11)22)16(23)24)10-3-2-9(12(17)13(10)18)20-4-6-26-7-5-20/h2-3,8H,4-7H2,1H3,(H,23,24). The van der Waals surface area contributed by atoms with Crippen molar-refractivity contribution in [1.29, 1.82) is 0 Å². The van der Waals surface area contributed by atoms with Crippen molar-refractivity contribution in [3.05, 3.63) is 45.9 Å². The Hall–Kier alpha value is -3.01. The summed E-state index contributed by atoms with van der Waals surface area (Å²) in [7, 11) is 1.16. The van der Waals surface area contributed by atoms with Gasteiger partial charge in [0.05, 0.1) is 32.2 Å². The molecule has 0 bridgehead atoms. The van der Waals surface area contributed by atoms with Crippen molar-refractivity contribution in [2.45, 2.75) is 0 Å². The molecule has 1 fully saturated rings. The van der Waals surface area contributed by atoms with Crippen molar-refractivity contribution in [1.82, 2.24) is 9.78 Å². The molecule has 1 N–H and O–H groups in total. The summed E-state index contributed by atoms with van der Waals surface area (Å²) in [5.41, 5.74) is -2.09. The molecule has 2 aromatic rings. The topological polar surface area (TPSA) is 93.9 Å². The van der Waals surface area contributed by atoms with Gasteiger partial charge in [-0.15, -0.1) is 0 Å². The zero-order valence-electron chi connectivity index (χ0n) is 13.7. The van der Waals surface area contributed by atoms with E-state index in [1.165, 1.54) is 12.1 Å². The highest BCUT2D eigenvalue weighted by molar-refractivity contribution is 5.85. The minimum atomic E-state index is -1.60. The summed E-state index contributed by atoms with van der Waals surface area (Å²) in [6.45, 7) is 1.65. The zero-order valence-corrected chi connectivity index (χ0v) is 13.7. The number of carbonyl (C=O) groups is 1. The van der Waals surface area contributed by atoms with Crippen molar-refractivity contribution in [3.63, 3.8) is 0 Å². The molecule has 0 spiro atoms. The molecule has 0 amide bonds. The number of rotatable bonds is 4. The first-order valence-electron chi connectivity index (χ1n) is 7.66. The Labute approximate surface area is 146 Å². The number of ether oxygens (including phenoxy) is 2. The van der Waals surface area contributed by atoms with Crippen molar-refractivity contribution in [2.24, 2.45) is 0 Å². The monoisotopic (exact) mass is 367 g/mol. The van der Waals surface area contributed by atoms with Crippen LogP contribution in [0.15, 0.2) is 23.1 Å². The Kier molecular flexibility index (Phi) is 4.85.